The van der Waals surface area contributed by atoms with Crippen molar-refractivity contribution in [1.29, 1.82) is 0 Å². The number of aliphatic hydroxyl groups excluding tert-OH is 1. The van der Waals surface area contributed by atoms with Crippen LogP contribution in [0.1, 0.15) is 22.5 Å². The first kappa shape index (κ1) is 18.0. The van der Waals surface area contributed by atoms with Gasteiger partial charge < -0.3 is 14.7 Å². The van der Waals surface area contributed by atoms with E-state index in [9.17, 15) is 9.90 Å². The van der Waals surface area contributed by atoms with Gasteiger partial charge >= 0.3 is 0 Å². The number of amides is 1. The maximum atomic E-state index is 12.3. The van der Waals surface area contributed by atoms with Crippen LogP contribution in [0.25, 0.3) is 0 Å². The number of benzene rings is 1. The van der Waals surface area contributed by atoms with E-state index >= 15 is 0 Å². The van der Waals surface area contributed by atoms with Crippen molar-refractivity contribution in [2.45, 2.75) is 33.3 Å². The average Bonchev–Trinajstić information content (AvgIpc) is 2.89. The van der Waals surface area contributed by atoms with Gasteiger partial charge in [0.25, 0.3) is 5.91 Å². The van der Waals surface area contributed by atoms with E-state index in [2.05, 4.69) is 10.2 Å². The molecule has 0 spiro atoms. The third kappa shape index (κ3) is 4.35. The van der Waals surface area contributed by atoms with Crippen molar-refractivity contribution >= 4 is 5.91 Å². The summed E-state index contributed by atoms with van der Waals surface area (Å²) in [5.74, 6) is 0.332. The zero-order valence-electron chi connectivity index (χ0n) is 14.7. The molecule has 1 amide bonds. The number of aromatic nitrogens is 2. The Morgan fingerprint density at radius 3 is 2.67 bits per heavy atom. The number of aryl methyl sites for hydroxylation is 3. The van der Waals surface area contributed by atoms with Gasteiger partial charge in [0.2, 0.25) is 0 Å². The molecular weight excluding hydrogens is 306 g/mol. The van der Waals surface area contributed by atoms with Crippen LogP contribution in [0.5, 0.6) is 5.75 Å². The second-order valence-electron chi connectivity index (χ2n) is 6.01. The van der Waals surface area contributed by atoms with Crippen molar-refractivity contribution in [2.24, 2.45) is 0 Å². The lowest BCUT2D eigenvalue weighted by Crippen LogP contribution is -2.40. The molecule has 0 unspecified atom stereocenters. The fraction of sp³-hybridized carbons (Fsp3) is 0.444. The highest BCUT2D eigenvalue weighted by Crippen LogP contribution is 2.16. The summed E-state index contributed by atoms with van der Waals surface area (Å²) in [7, 11) is 1.68. The maximum Gasteiger partial charge on any atom is 0.254 e. The molecule has 130 valence electrons. The van der Waals surface area contributed by atoms with Gasteiger partial charge in [-0.2, -0.15) is 5.10 Å². The molecule has 0 saturated heterocycles. The molecule has 24 heavy (non-hydrogen) atoms. The quantitative estimate of drug-likeness (QED) is 0.810. The van der Waals surface area contributed by atoms with Gasteiger partial charge in [-0.05, 0) is 44.4 Å². The largest absolute Gasteiger partial charge is 0.490 e. The Bertz CT molecular complexity index is 677. The average molecular weight is 331 g/mol. The summed E-state index contributed by atoms with van der Waals surface area (Å²) in [5.41, 5.74) is 4.03. The predicted octanol–water partition coefficient (Wildman–Crippen LogP) is 1.78. The van der Waals surface area contributed by atoms with Gasteiger partial charge in [-0.1, -0.05) is 18.2 Å². The Morgan fingerprint density at radius 2 is 2.04 bits per heavy atom. The lowest BCUT2D eigenvalue weighted by Gasteiger charge is -2.21. The van der Waals surface area contributed by atoms with Crippen molar-refractivity contribution in [3.63, 3.8) is 0 Å². The molecule has 1 aromatic carbocycles. The van der Waals surface area contributed by atoms with Gasteiger partial charge in [0.15, 0.2) is 6.10 Å². The summed E-state index contributed by atoms with van der Waals surface area (Å²) in [6.45, 7) is 6.28. The number of rotatable bonds is 7. The van der Waals surface area contributed by atoms with Crippen LogP contribution in [0.15, 0.2) is 24.3 Å². The van der Waals surface area contributed by atoms with Gasteiger partial charge in [-0.25, -0.2) is 0 Å². The number of hydrogen-bond donors (Lipinski definition) is 2. The Kier molecular flexibility index (Phi) is 5.98. The highest BCUT2D eigenvalue weighted by atomic mass is 16.5. The Morgan fingerprint density at radius 1 is 1.33 bits per heavy atom. The number of aromatic amines is 1. The van der Waals surface area contributed by atoms with Crippen LogP contribution in [0, 0.1) is 20.8 Å². The summed E-state index contributed by atoms with van der Waals surface area (Å²) < 4.78 is 5.55. The van der Waals surface area contributed by atoms with E-state index in [1.54, 1.807) is 7.05 Å². The van der Waals surface area contributed by atoms with Crippen LogP contribution in [0.3, 0.4) is 0 Å². The number of H-pyrrole nitrogens is 1. The maximum absolute atomic E-state index is 12.3. The van der Waals surface area contributed by atoms with E-state index in [-0.39, 0.29) is 12.5 Å². The van der Waals surface area contributed by atoms with Gasteiger partial charge in [0, 0.05) is 19.3 Å². The number of para-hydroxylation sites is 1. The van der Waals surface area contributed by atoms with E-state index in [1.165, 1.54) is 4.90 Å². The zero-order valence-corrected chi connectivity index (χ0v) is 14.7. The topological polar surface area (TPSA) is 78.5 Å². The first-order valence-electron chi connectivity index (χ1n) is 8.02. The van der Waals surface area contributed by atoms with E-state index < -0.39 is 6.10 Å². The van der Waals surface area contributed by atoms with Crippen LogP contribution < -0.4 is 4.74 Å². The van der Waals surface area contributed by atoms with Crippen molar-refractivity contribution in [1.82, 2.24) is 15.1 Å². The minimum atomic E-state index is -1.18. The van der Waals surface area contributed by atoms with Crippen LogP contribution in [0.4, 0.5) is 0 Å². The Balaban J connectivity index is 1.84. The highest BCUT2D eigenvalue weighted by Gasteiger charge is 2.21. The molecule has 2 rings (SSSR count). The monoisotopic (exact) mass is 331 g/mol. The lowest BCUT2D eigenvalue weighted by atomic mass is 10.1. The predicted molar refractivity (Wildman–Crippen MR) is 92.1 cm³/mol. The molecule has 0 aliphatic rings. The van der Waals surface area contributed by atoms with Crippen molar-refractivity contribution in [2.75, 3.05) is 20.2 Å². The fourth-order valence-corrected chi connectivity index (χ4v) is 2.54. The summed E-state index contributed by atoms with van der Waals surface area (Å²) in [5, 5.41) is 17.2. The molecule has 2 N–H and O–H groups in total. The molecule has 2 aromatic rings. The van der Waals surface area contributed by atoms with Gasteiger partial charge in [-0.15, -0.1) is 0 Å². The summed E-state index contributed by atoms with van der Waals surface area (Å²) in [6.07, 6.45) is -0.483. The van der Waals surface area contributed by atoms with Gasteiger partial charge in [-0.3, -0.25) is 9.89 Å². The molecule has 1 aromatic heterocycles. The lowest BCUT2D eigenvalue weighted by molar-refractivity contribution is -0.140. The molecule has 0 aliphatic carbocycles. The first-order valence-corrected chi connectivity index (χ1v) is 8.02. The second kappa shape index (κ2) is 7.97. The molecule has 0 fully saturated rings. The molecule has 0 radical (unpaired) electrons. The van der Waals surface area contributed by atoms with Crippen LogP contribution >= 0.6 is 0 Å². The van der Waals surface area contributed by atoms with Crippen molar-refractivity contribution < 1.29 is 14.6 Å². The molecular formula is C18H25N3O3. The molecule has 6 heteroatoms. The summed E-state index contributed by atoms with van der Waals surface area (Å²) in [4.78, 5) is 13.8. The van der Waals surface area contributed by atoms with Gasteiger partial charge in [0.05, 0.1) is 5.69 Å². The summed E-state index contributed by atoms with van der Waals surface area (Å²) >= 11 is 0. The number of carbonyl (C=O) groups is 1. The summed E-state index contributed by atoms with van der Waals surface area (Å²) in [6, 6.07) is 7.52. The fourth-order valence-electron chi connectivity index (χ4n) is 2.54. The van der Waals surface area contributed by atoms with Crippen molar-refractivity contribution in [3.05, 3.63) is 46.8 Å². The molecule has 0 bridgehead atoms. The third-order valence-corrected chi connectivity index (χ3v) is 4.13. The normalized spacial score (nSPS) is 12.0. The Labute approximate surface area is 142 Å². The zero-order chi connectivity index (χ0) is 17.7. The van der Waals surface area contributed by atoms with Crippen LogP contribution in [-0.2, 0) is 11.2 Å². The third-order valence-electron chi connectivity index (χ3n) is 4.13. The van der Waals surface area contributed by atoms with Gasteiger partial charge in [0.1, 0.15) is 12.4 Å². The number of ether oxygens (including phenoxy) is 1. The Hall–Kier alpha value is -2.34. The molecule has 0 saturated carbocycles. The molecule has 6 nitrogen and oxygen atoms in total. The number of hydrogen-bond acceptors (Lipinski definition) is 4. The molecule has 1 heterocycles. The standard InChI is InChI=1S/C18H25N3O3/c1-12-7-5-6-8-17(12)24-11-16(22)18(23)21(4)10-9-15-13(2)19-20-14(15)3/h5-8,16,22H,9-11H2,1-4H3,(H,19,20)/t16-/m1/s1. The highest BCUT2D eigenvalue weighted by molar-refractivity contribution is 5.80. The van der Waals surface area contributed by atoms with E-state index in [1.807, 2.05) is 45.0 Å². The van der Waals surface area contributed by atoms with E-state index in [0.29, 0.717) is 18.7 Å². The van der Waals surface area contributed by atoms with E-state index in [4.69, 9.17) is 4.74 Å². The number of nitrogens with one attached hydrogen (secondary N) is 1. The molecule has 1 atom stereocenters. The first-order chi connectivity index (χ1) is 11.4. The number of likely N-dealkylation sites (N-methyl/N-ethyl adjacent to an activating group) is 1. The smallest absolute Gasteiger partial charge is 0.254 e. The molecule has 0 aliphatic heterocycles. The number of aliphatic hydroxyl groups is 1. The number of nitrogens with zero attached hydrogens (tertiary/aromatic N) is 2. The van der Waals surface area contributed by atoms with E-state index in [0.717, 1.165) is 22.5 Å². The van der Waals surface area contributed by atoms with Crippen LogP contribution in [-0.4, -0.2) is 52.4 Å². The number of carbonyl (C=O) groups excluding carboxylic acids is 1. The van der Waals surface area contributed by atoms with Crippen LogP contribution in [0.2, 0.25) is 0 Å². The second-order valence-corrected chi connectivity index (χ2v) is 6.01. The minimum absolute atomic E-state index is 0.0577. The minimum Gasteiger partial charge on any atom is -0.490 e. The van der Waals surface area contributed by atoms with Crippen molar-refractivity contribution in [3.8, 4) is 5.75 Å². The SMILES string of the molecule is Cc1ccccc1OC[C@@H](O)C(=O)N(C)CCc1c(C)n[nH]c1C.